The lowest BCUT2D eigenvalue weighted by molar-refractivity contribution is -0.119. The summed E-state index contributed by atoms with van der Waals surface area (Å²) in [5.74, 6) is -0.150. The minimum atomic E-state index is -3.44. The van der Waals surface area contributed by atoms with Crippen LogP contribution >= 0.6 is 11.3 Å². The normalized spacial score (nSPS) is 19.8. The van der Waals surface area contributed by atoms with Gasteiger partial charge in [-0.1, -0.05) is 12.1 Å². The van der Waals surface area contributed by atoms with E-state index in [0.29, 0.717) is 18.4 Å². The number of nitrogens with one attached hydrogen (secondary N) is 1. The van der Waals surface area contributed by atoms with Crippen LogP contribution in [0.25, 0.3) is 10.2 Å². The third-order valence-electron chi connectivity index (χ3n) is 3.05. The van der Waals surface area contributed by atoms with Crippen molar-refractivity contribution in [1.82, 2.24) is 10.3 Å². The van der Waals surface area contributed by atoms with Crippen molar-refractivity contribution in [2.45, 2.75) is 23.2 Å². The van der Waals surface area contributed by atoms with E-state index in [1.807, 2.05) is 18.2 Å². The molecule has 1 N–H and O–H groups in total. The van der Waals surface area contributed by atoms with Crippen LogP contribution < -0.4 is 5.32 Å². The molecule has 19 heavy (non-hydrogen) atoms. The van der Waals surface area contributed by atoms with E-state index in [4.69, 9.17) is 0 Å². The van der Waals surface area contributed by atoms with Gasteiger partial charge in [-0.25, -0.2) is 13.4 Å². The van der Waals surface area contributed by atoms with Crippen LogP contribution in [0.4, 0.5) is 0 Å². The largest absolute Gasteiger partial charge is 0.352 e. The number of benzene rings is 1. The van der Waals surface area contributed by atoms with Gasteiger partial charge in [0.05, 0.1) is 16.0 Å². The van der Waals surface area contributed by atoms with Crippen LogP contribution in [0.5, 0.6) is 0 Å². The lowest BCUT2D eigenvalue weighted by Gasteiger charge is -2.08. The van der Waals surface area contributed by atoms with Crippen LogP contribution in [-0.2, 0) is 14.6 Å². The average molecular weight is 296 g/mol. The maximum Gasteiger partial charge on any atom is 0.220 e. The molecule has 2 aromatic rings. The number of hydrogen-bond donors (Lipinski definition) is 1. The van der Waals surface area contributed by atoms with Crippen molar-refractivity contribution in [2.24, 2.45) is 0 Å². The number of thiazole rings is 1. The minimum Gasteiger partial charge on any atom is -0.352 e. The van der Waals surface area contributed by atoms with E-state index in [1.165, 1.54) is 11.3 Å². The Morgan fingerprint density at radius 3 is 2.84 bits per heavy atom. The first-order valence-electron chi connectivity index (χ1n) is 5.92. The molecule has 0 spiro atoms. The van der Waals surface area contributed by atoms with Crippen LogP contribution in [0, 0.1) is 0 Å². The lowest BCUT2D eigenvalue weighted by atomic mass is 10.2. The molecule has 1 aliphatic heterocycles. The highest BCUT2D eigenvalue weighted by molar-refractivity contribution is 7.93. The van der Waals surface area contributed by atoms with Gasteiger partial charge in [0.25, 0.3) is 0 Å². The molecule has 3 rings (SSSR count). The van der Waals surface area contributed by atoms with Crippen LogP contribution in [0.15, 0.2) is 28.6 Å². The standard InChI is InChI=1S/C12H12N2O3S2/c15-11-6-5-8(13-11)7-19(16,17)12-14-9-3-1-2-4-10(9)18-12/h1-4,8H,5-7H2,(H,13,15)/t8-/m0/s1. The second-order valence-corrected chi connectivity index (χ2v) is 7.77. The zero-order valence-corrected chi connectivity index (χ0v) is 11.6. The van der Waals surface area contributed by atoms with Crippen LogP contribution in [0.3, 0.4) is 0 Å². The Hall–Kier alpha value is -1.47. The van der Waals surface area contributed by atoms with Crippen LogP contribution in [-0.4, -0.2) is 31.1 Å². The average Bonchev–Trinajstić information content (AvgIpc) is 2.95. The Morgan fingerprint density at radius 1 is 1.37 bits per heavy atom. The van der Waals surface area contributed by atoms with Crippen molar-refractivity contribution in [3.8, 4) is 0 Å². The summed E-state index contributed by atoms with van der Waals surface area (Å²) in [6.07, 6.45) is 0.975. The Morgan fingerprint density at radius 2 is 2.16 bits per heavy atom. The molecule has 1 amide bonds. The first-order valence-corrected chi connectivity index (χ1v) is 8.39. The maximum atomic E-state index is 12.3. The quantitative estimate of drug-likeness (QED) is 0.927. The summed E-state index contributed by atoms with van der Waals surface area (Å²) in [5.41, 5.74) is 0.696. The van der Waals surface area contributed by atoms with E-state index in [1.54, 1.807) is 6.07 Å². The fraction of sp³-hybridized carbons (Fsp3) is 0.333. The Bertz CT molecular complexity index is 703. The summed E-state index contributed by atoms with van der Waals surface area (Å²) in [4.78, 5) is 15.3. The molecule has 100 valence electrons. The monoisotopic (exact) mass is 296 g/mol. The second-order valence-electron chi connectivity index (χ2n) is 4.53. The van der Waals surface area contributed by atoms with Gasteiger partial charge in [-0.05, 0) is 18.6 Å². The van der Waals surface area contributed by atoms with E-state index in [2.05, 4.69) is 10.3 Å². The lowest BCUT2D eigenvalue weighted by Crippen LogP contribution is -2.32. The number of carbonyl (C=O) groups is 1. The number of sulfone groups is 1. The predicted octanol–water partition coefficient (Wildman–Crippen LogP) is 1.35. The maximum absolute atomic E-state index is 12.3. The molecule has 1 aromatic carbocycles. The fourth-order valence-electron chi connectivity index (χ4n) is 2.12. The van der Waals surface area contributed by atoms with Crippen molar-refractivity contribution < 1.29 is 13.2 Å². The third kappa shape index (κ3) is 2.48. The van der Waals surface area contributed by atoms with Gasteiger partial charge in [-0.3, -0.25) is 4.79 Å². The van der Waals surface area contributed by atoms with Crippen LogP contribution in [0.2, 0.25) is 0 Å². The van der Waals surface area contributed by atoms with Gasteiger partial charge in [0, 0.05) is 12.5 Å². The Kier molecular flexibility index (Phi) is 3.02. The first-order chi connectivity index (χ1) is 9.04. The van der Waals surface area contributed by atoms with Gasteiger partial charge in [0.15, 0.2) is 0 Å². The number of fused-ring (bicyclic) bond motifs is 1. The molecule has 0 radical (unpaired) electrons. The van der Waals surface area contributed by atoms with Crippen molar-refractivity contribution in [2.75, 3.05) is 5.75 Å². The Balaban J connectivity index is 1.89. The summed E-state index contributed by atoms with van der Waals surface area (Å²) in [6.45, 7) is 0. The van der Waals surface area contributed by atoms with E-state index < -0.39 is 9.84 Å². The van der Waals surface area contributed by atoms with E-state index >= 15 is 0 Å². The number of rotatable bonds is 3. The van der Waals surface area contributed by atoms with Crippen LogP contribution in [0.1, 0.15) is 12.8 Å². The fourth-order valence-corrected chi connectivity index (χ4v) is 4.96. The van der Waals surface area contributed by atoms with Crippen molar-refractivity contribution >= 4 is 37.3 Å². The van der Waals surface area contributed by atoms with Crippen molar-refractivity contribution in [1.29, 1.82) is 0 Å². The van der Waals surface area contributed by atoms with Gasteiger partial charge in [0.2, 0.25) is 20.1 Å². The molecular weight excluding hydrogens is 284 g/mol. The molecule has 2 heterocycles. The summed E-state index contributed by atoms with van der Waals surface area (Å²) in [5, 5.41) is 2.67. The number of para-hydroxylation sites is 1. The zero-order valence-electron chi connectivity index (χ0n) is 10.00. The minimum absolute atomic E-state index is 0.0709. The molecule has 0 saturated carbocycles. The van der Waals surface area contributed by atoms with E-state index in [-0.39, 0.29) is 22.0 Å². The van der Waals surface area contributed by atoms with E-state index in [0.717, 1.165) is 4.70 Å². The number of nitrogens with zero attached hydrogens (tertiary/aromatic N) is 1. The van der Waals surface area contributed by atoms with Gasteiger partial charge in [-0.2, -0.15) is 0 Å². The first kappa shape index (κ1) is 12.6. The molecule has 1 atom stereocenters. The highest BCUT2D eigenvalue weighted by Crippen LogP contribution is 2.26. The van der Waals surface area contributed by atoms with E-state index in [9.17, 15) is 13.2 Å². The van der Waals surface area contributed by atoms with Crippen molar-refractivity contribution in [3.05, 3.63) is 24.3 Å². The van der Waals surface area contributed by atoms with Crippen molar-refractivity contribution in [3.63, 3.8) is 0 Å². The number of carbonyl (C=O) groups excluding carboxylic acids is 1. The summed E-state index contributed by atoms with van der Waals surface area (Å²) < 4.78 is 25.5. The highest BCUT2D eigenvalue weighted by atomic mass is 32.2. The zero-order chi connectivity index (χ0) is 13.5. The smallest absolute Gasteiger partial charge is 0.220 e. The molecule has 1 fully saturated rings. The molecular formula is C12H12N2O3S2. The summed E-state index contributed by atoms with van der Waals surface area (Å²) in [6, 6.07) is 7.04. The predicted molar refractivity (Wildman–Crippen MR) is 72.8 cm³/mol. The molecule has 1 saturated heterocycles. The summed E-state index contributed by atoms with van der Waals surface area (Å²) >= 11 is 1.18. The molecule has 1 aliphatic rings. The molecule has 7 heteroatoms. The molecule has 0 aliphatic carbocycles. The highest BCUT2D eigenvalue weighted by Gasteiger charge is 2.29. The number of hydrogen-bond acceptors (Lipinski definition) is 5. The number of amides is 1. The number of aromatic nitrogens is 1. The van der Waals surface area contributed by atoms with Gasteiger partial charge in [0.1, 0.15) is 0 Å². The molecule has 0 unspecified atom stereocenters. The molecule has 5 nitrogen and oxygen atoms in total. The third-order valence-corrected chi connectivity index (χ3v) is 6.35. The Labute approximate surface area is 114 Å². The van der Waals surface area contributed by atoms with Gasteiger partial charge in [-0.15, -0.1) is 11.3 Å². The summed E-state index contributed by atoms with van der Waals surface area (Å²) in [7, 11) is -3.44. The topological polar surface area (TPSA) is 76.1 Å². The molecule has 1 aromatic heterocycles. The van der Waals surface area contributed by atoms with Gasteiger partial charge < -0.3 is 5.32 Å². The molecule has 0 bridgehead atoms. The SMILES string of the molecule is O=C1CC[C@@H](CS(=O)(=O)c2nc3ccccc3s2)N1. The second kappa shape index (κ2) is 4.57. The van der Waals surface area contributed by atoms with Gasteiger partial charge >= 0.3 is 0 Å².